The molecule has 2 aliphatic carbocycles. The van der Waals surface area contributed by atoms with Gasteiger partial charge in [-0.2, -0.15) is 0 Å². The maximum Gasteiger partial charge on any atom is 0.127 e. The number of ether oxygens (including phenoxy) is 1. The summed E-state index contributed by atoms with van der Waals surface area (Å²) in [6.45, 7) is 2.33. The average Bonchev–Trinajstić information content (AvgIpc) is 2.68. The molecule has 0 radical (unpaired) electrons. The van der Waals surface area contributed by atoms with Gasteiger partial charge in [0.05, 0.1) is 7.11 Å². The highest BCUT2D eigenvalue weighted by molar-refractivity contribution is 5.81. The van der Waals surface area contributed by atoms with Gasteiger partial charge in [0.1, 0.15) is 5.75 Å². The predicted molar refractivity (Wildman–Crippen MR) is 106 cm³/mol. The van der Waals surface area contributed by atoms with Crippen LogP contribution in [0.25, 0.3) is 0 Å². The lowest BCUT2D eigenvalue weighted by atomic mass is 9.68. The molecule has 1 aromatic carbocycles. The minimum absolute atomic E-state index is 0.678. The van der Waals surface area contributed by atoms with Crippen molar-refractivity contribution in [1.82, 2.24) is 0 Å². The van der Waals surface area contributed by atoms with Crippen LogP contribution in [0.2, 0.25) is 0 Å². The van der Waals surface area contributed by atoms with Crippen LogP contribution in [-0.4, -0.2) is 13.3 Å². The molecule has 3 rings (SSSR count). The zero-order valence-corrected chi connectivity index (χ0v) is 16.1. The molecule has 2 saturated carbocycles. The van der Waals surface area contributed by atoms with Gasteiger partial charge in [0.2, 0.25) is 0 Å². The van der Waals surface area contributed by atoms with Crippen molar-refractivity contribution in [2.24, 2.45) is 17.8 Å². The Morgan fingerprint density at radius 2 is 1.64 bits per heavy atom. The van der Waals surface area contributed by atoms with E-state index in [9.17, 15) is 0 Å². The van der Waals surface area contributed by atoms with E-state index in [1.807, 2.05) is 6.07 Å². The van der Waals surface area contributed by atoms with Crippen LogP contribution in [0.4, 0.5) is 0 Å². The number of rotatable bonds is 6. The van der Waals surface area contributed by atoms with Gasteiger partial charge in [-0.25, -0.2) is 0 Å². The second-order valence-corrected chi connectivity index (χ2v) is 8.33. The summed E-state index contributed by atoms with van der Waals surface area (Å²) in [7, 11) is 1.68. The standard InChI is InChI=1S/C23H35NO/c1-3-4-17-5-7-18(8-6-17)19-9-11-20(12-10-19)21-13-14-23(25-2)22(15-21)16-24/h13-20,24H,3-12H2,1-2H3. The van der Waals surface area contributed by atoms with E-state index in [1.165, 1.54) is 76.0 Å². The summed E-state index contributed by atoms with van der Waals surface area (Å²) in [5.74, 6) is 4.49. The molecule has 2 aliphatic rings. The van der Waals surface area contributed by atoms with E-state index in [2.05, 4.69) is 19.1 Å². The van der Waals surface area contributed by atoms with E-state index in [4.69, 9.17) is 10.1 Å². The average molecular weight is 342 g/mol. The first-order chi connectivity index (χ1) is 12.2. The van der Waals surface area contributed by atoms with Crippen LogP contribution >= 0.6 is 0 Å². The number of methoxy groups -OCH3 is 1. The highest BCUT2D eigenvalue weighted by Gasteiger charge is 2.31. The summed E-state index contributed by atoms with van der Waals surface area (Å²) in [6, 6.07) is 6.43. The lowest BCUT2D eigenvalue weighted by Crippen LogP contribution is -2.25. The largest absolute Gasteiger partial charge is 0.496 e. The lowest BCUT2D eigenvalue weighted by molar-refractivity contribution is 0.156. The summed E-state index contributed by atoms with van der Waals surface area (Å²) in [5, 5.41) is 7.61. The third-order valence-corrected chi connectivity index (χ3v) is 6.91. The van der Waals surface area contributed by atoms with Gasteiger partial charge in [-0.1, -0.05) is 38.7 Å². The quantitative estimate of drug-likeness (QED) is 0.583. The summed E-state index contributed by atoms with van der Waals surface area (Å²) in [6.07, 6.45) is 15.6. The third kappa shape index (κ3) is 4.46. The van der Waals surface area contributed by atoms with Crippen LogP contribution in [-0.2, 0) is 0 Å². The van der Waals surface area contributed by atoms with Crippen LogP contribution in [0, 0.1) is 23.2 Å². The number of hydrogen-bond acceptors (Lipinski definition) is 2. The Morgan fingerprint density at radius 1 is 1.00 bits per heavy atom. The van der Waals surface area contributed by atoms with E-state index in [1.54, 1.807) is 7.11 Å². The normalized spacial score (nSPS) is 30.0. The van der Waals surface area contributed by atoms with Crippen molar-refractivity contribution in [2.75, 3.05) is 7.11 Å². The van der Waals surface area contributed by atoms with Gasteiger partial charge in [-0.05, 0) is 79.9 Å². The summed E-state index contributed by atoms with van der Waals surface area (Å²) < 4.78 is 5.35. The fraction of sp³-hybridized carbons (Fsp3) is 0.696. The summed E-state index contributed by atoms with van der Waals surface area (Å²) >= 11 is 0. The van der Waals surface area contributed by atoms with Gasteiger partial charge in [0.15, 0.2) is 0 Å². The first-order valence-electron chi connectivity index (χ1n) is 10.4. The van der Waals surface area contributed by atoms with E-state index in [-0.39, 0.29) is 0 Å². The Hall–Kier alpha value is -1.31. The second kappa shape index (κ2) is 8.87. The third-order valence-electron chi connectivity index (χ3n) is 6.91. The zero-order chi connectivity index (χ0) is 17.6. The zero-order valence-electron chi connectivity index (χ0n) is 16.1. The van der Waals surface area contributed by atoms with Crippen LogP contribution in [0.1, 0.15) is 88.2 Å². The van der Waals surface area contributed by atoms with Crippen molar-refractivity contribution >= 4 is 6.21 Å². The maximum absolute atomic E-state index is 7.61. The van der Waals surface area contributed by atoms with Crippen molar-refractivity contribution in [3.05, 3.63) is 29.3 Å². The van der Waals surface area contributed by atoms with Gasteiger partial charge in [-0.3, -0.25) is 0 Å². The molecule has 0 heterocycles. The van der Waals surface area contributed by atoms with Gasteiger partial charge >= 0.3 is 0 Å². The molecule has 0 atom stereocenters. The minimum Gasteiger partial charge on any atom is -0.496 e. The first kappa shape index (κ1) is 18.5. The first-order valence-corrected chi connectivity index (χ1v) is 10.4. The molecule has 0 saturated heterocycles. The molecule has 138 valence electrons. The Morgan fingerprint density at radius 3 is 2.20 bits per heavy atom. The van der Waals surface area contributed by atoms with E-state index < -0.39 is 0 Å². The van der Waals surface area contributed by atoms with Crippen LogP contribution in [0.15, 0.2) is 18.2 Å². The van der Waals surface area contributed by atoms with Crippen LogP contribution in [0.3, 0.4) is 0 Å². The highest BCUT2D eigenvalue weighted by Crippen LogP contribution is 2.44. The molecule has 1 aromatic rings. The fourth-order valence-electron chi connectivity index (χ4n) is 5.40. The minimum atomic E-state index is 0.678. The second-order valence-electron chi connectivity index (χ2n) is 8.33. The van der Waals surface area contributed by atoms with E-state index >= 15 is 0 Å². The monoisotopic (exact) mass is 341 g/mol. The number of nitrogens with one attached hydrogen (secondary N) is 1. The van der Waals surface area contributed by atoms with Crippen molar-refractivity contribution in [1.29, 1.82) is 5.41 Å². The Kier molecular flexibility index (Phi) is 6.56. The molecule has 0 amide bonds. The molecular weight excluding hydrogens is 306 g/mol. The van der Waals surface area contributed by atoms with E-state index in [0.717, 1.165) is 29.1 Å². The molecule has 25 heavy (non-hydrogen) atoms. The van der Waals surface area contributed by atoms with Crippen molar-refractivity contribution in [2.45, 2.75) is 77.0 Å². The molecule has 0 spiro atoms. The van der Waals surface area contributed by atoms with Gasteiger partial charge in [0.25, 0.3) is 0 Å². The summed E-state index contributed by atoms with van der Waals surface area (Å²) in [4.78, 5) is 0. The molecule has 0 unspecified atom stereocenters. The molecule has 2 fully saturated rings. The topological polar surface area (TPSA) is 33.1 Å². The number of hydrogen-bond donors (Lipinski definition) is 1. The molecule has 1 N–H and O–H groups in total. The van der Waals surface area contributed by atoms with Crippen molar-refractivity contribution in [3.63, 3.8) is 0 Å². The SMILES string of the molecule is CCCC1CCC(C2CCC(c3ccc(OC)c(C=N)c3)CC2)CC1. The molecule has 0 aliphatic heterocycles. The van der Waals surface area contributed by atoms with Crippen LogP contribution < -0.4 is 4.74 Å². The molecule has 0 aromatic heterocycles. The lowest BCUT2D eigenvalue weighted by Gasteiger charge is -2.38. The maximum atomic E-state index is 7.61. The highest BCUT2D eigenvalue weighted by atomic mass is 16.5. The van der Waals surface area contributed by atoms with Crippen molar-refractivity contribution in [3.8, 4) is 5.75 Å². The predicted octanol–water partition coefficient (Wildman–Crippen LogP) is 6.57. The Balaban J connectivity index is 1.53. The molecular formula is C23H35NO. The number of benzene rings is 1. The summed E-state index contributed by atoms with van der Waals surface area (Å²) in [5.41, 5.74) is 2.32. The smallest absolute Gasteiger partial charge is 0.127 e. The van der Waals surface area contributed by atoms with E-state index in [0.29, 0.717) is 5.92 Å². The van der Waals surface area contributed by atoms with Crippen LogP contribution in [0.5, 0.6) is 5.75 Å². The molecule has 2 heteroatoms. The Labute approximate surface area is 153 Å². The van der Waals surface area contributed by atoms with Crippen molar-refractivity contribution < 1.29 is 4.74 Å². The molecule has 0 bridgehead atoms. The Bertz CT molecular complexity index is 551. The van der Waals surface area contributed by atoms with Gasteiger partial charge < -0.3 is 10.1 Å². The van der Waals surface area contributed by atoms with Gasteiger partial charge in [0, 0.05) is 11.8 Å². The molecule has 2 nitrogen and oxygen atoms in total. The van der Waals surface area contributed by atoms with Gasteiger partial charge in [-0.15, -0.1) is 0 Å². The fourth-order valence-corrected chi connectivity index (χ4v) is 5.40.